The number of carbonyl (C=O) groups is 2. The molecule has 3 N–H and O–H groups in total. The van der Waals surface area contributed by atoms with E-state index in [1.165, 1.54) is 12.1 Å². The molecule has 0 aliphatic rings. The van der Waals surface area contributed by atoms with Crippen LogP contribution in [-0.2, 0) is 4.79 Å². The van der Waals surface area contributed by atoms with Crippen molar-refractivity contribution in [1.82, 2.24) is 15.5 Å². The van der Waals surface area contributed by atoms with Crippen molar-refractivity contribution in [2.45, 2.75) is 32.7 Å². The first-order chi connectivity index (χ1) is 18.3. The fourth-order valence-electron chi connectivity index (χ4n) is 3.95. The average molecular weight is 517 g/mol. The van der Waals surface area contributed by atoms with Gasteiger partial charge in [0.2, 0.25) is 11.8 Å². The van der Waals surface area contributed by atoms with Crippen LogP contribution in [-0.4, -0.2) is 33.7 Å². The van der Waals surface area contributed by atoms with E-state index in [2.05, 4.69) is 34.7 Å². The number of anilines is 1. The Labute approximate surface area is 219 Å². The fraction of sp³-hybridized carbons (Fsp3) is 0.241. The first-order valence-electron chi connectivity index (χ1n) is 12.4. The van der Waals surface area contributed by atoms with Gasteiger partial charge >= 0.3 is 5.97 Å². The average Bonchev–Trinajstić information content (AvgIpc) is 3.42. The number of hydrogen-bond acceptors (Lipinski definition) is 6. The van der Waals surface area contributed by atoms with Crippen LogP contribution in [0.5, 0.6) is 0 Å². The third-order valence-electron chi connectivity index (χ3n) is 6.34. The second kappa shape index (κ2) is 12.1. The van der Waals surface area contributed by atoms with Gasteiger partial charge in [-0.2, -0.15) is 0 Å². The van der Waals surface area contributed by atoms with E-state index in [0.29, 0.717) is 28.8 Å². The molecule has 0 radical (unpaired) electrons. The SMILES string of the molecule is CCC(C)C(Nc1ccc(-c2nnc(-c3ccc(F)cc3)o2)cc1)c1ccc(C(=O)NCCC(=O)O)cc1. The zero-order chi connectivity index (χ0) is 27.1. The smallest absolute Gasteiger partial charge is 0.305 e. The number of hydrogen-bond donors (Lipinski definition) is 3. The van der Waals surface area contributed by atoms with Gasteiger partial charge in [-0.15, -0.1) is 10.2 Å². The van der Waals surface area contributed by atoms with Crippen molar-refractivity contribution in [3.8, 4) is 22.9 Å². The van der Waals surface area contributed by atoms with E-state index in [9.17, 15) is 14.0 Å². The maximum Gasteiger partial charge on any atom is 0.305 e. The highest BCUT2D eigenvalue weighted by molar-refractivity contribution is 5.94. The Hall–Kier alpha value is -4.53. The maximum atomic E-state index is 13.2. The molecule has 38 heavy (non-hydrogen) atoms. The summed E-state index contributed by atoms with van der Waals surface area (Å²) in [6.07, 6.45) is 0.825. The Bertz CT molecular complexity index is 1370. The lowest BCUT2D eigenvalue weighted by Crippen LogP contribution is -2.26. The van der Waals surface area contributed by atoms with Crippen LogP contribution in [0.15, 0.2) is 77.2 Å². The summed E-state index contributed by atoms with van der Waals surface area (Å²) in [6.45, 7) is 4.37. The highest BCUT2D eigenvalue weighted by Crippen LogP contribution is 2.31. The summed E-state index contributed by atoms with van der Waals surface area (Å²) < 4.78 is 19.0. The van der Waals surface area contributed by atoms with Gasteiger partial charge in [0.1, 0.15) is 5.82 Å². The molecular formula is C29H29FN4O4. The molecule has 0 bridgehead atoms. The molecule has 0 aliphatic heterocycles. The molecule has 0 aliphatic carbocycles. The lowest BCUT2D eigenvalue weighted by atomic mass is 9.91. The van der Waals surface area contributed by atoms with Gasteiger partial charge in [0.05, 0.1) is 12.5 Å². The lowest BCUT2D eigenvalue weighted by Gasteiger charge is -2.26. The van der Waals surface area contributed by atoms with Gasteiger partial charge in [-0.05, 0) is 72.1 Å². The molecule has 8 nitrogen and oxygen atoms in total. The van der Waals surface area contributed by atoms with Gasteiger partial charge in [0.25, 0.3) is 5.91 Å². The number of aliphatic carboxylic acids is 1. The van der Waals surface area contributed by atoms with Gasteiger partial charge < -0.3 is 20.2 Å². The molecule has 1 heterocycles. The van der Waals surface area contributed by atoms with Crippen molar-refractivity contribution in [2.24, 2.45) is 5.92 Å². The van der Waals surface area contributed by atoms with Gasteiger partial charge in [0, 0.05) is 28.9 Å². The van der Waals surface area contributed by atoms with Crippen LogP contribution in [0.4, 0.5) is 10.1 Å². The van der Waals surface area contributed by atoms with Crippen LogP contribution in [0.25, 0.3) is 22.9 Å². The first-order valence-corrected chi connectivity index (χ1v) is 12.4. The van der Waals surface area contributed by atoms with Crippen LogP contribution in [0.2, 0.25) is 0 Å². The van der Waals surface area contributed by atoms with E-state index in [1.807, 2.05) is 36.4 Å². The fourth-order valence-corrected chi connectivity index (χ4v) is 3.95. The van der Waals surface area contributed by atoms with Crippen molar-refractivity contribution < 1.29 is 23.5 Å². The minimum Gasteiger partial charge on any atom is -0.481 e. The van der Waals surface area contributed by atoms with Gasteiger partial charge in [-0.3, -0.25) is 9.59 Å². The molecule has 4 aromatic rings. The highest BCUT2D eigenvalue weighted by Gasteiger charge is 2.19. The Morgan fingerprint density at radius 2 is 1.50 bits per heavy atom. The Morgan fingerprint density at radius 3 is 2.05 bits per heavy atom. The number of carbonyl (C=O) groups excluding carboxylic acids is 1. The number of rotatable bonds is 11. The molecule has 0 fully saturated rings. The number of benzene rings is 3. The Morgan fingerprint density at radius 1 is 0.921 bits per heavy atom. The molecule has 2 unspecified atom stereocenters. The molecule has 1 amide bonds. The van der Waals surface area contributed by atoms with E-state index in [-0.39, 0.29) is 30.7 Å². The minimum atomic E-state index is -0.956. The number of halogens is 1. The van der Waals surface area contributed by atoms with Crippen LogP contribution in [0.1, 0.15) is 48.7 Å². The van der Waals surface area contributed by atoms with Crippen LogP contribution in [0, 0.1) is 11.7 Å². The number of aromatic nitrogens is 2. The predicted molar refractivity (Wildman–Crippen MR) is 142 cm³/mol. The topological polar surface area (TPSA) is 117 Å². The van der Waals surface area contributed by atoms with Crippen molar-refractivity contribution in [3.05, 3.63) is 89.7 Å². The van der Waals surface area contributed by atoms with E-state index >= 15 is 0 Å². The number of nitrogens with one attached hydrogen (secondary N) is 2. The van der Waals surface area contributed by atoms with E-state index in [4.69, 9.17) is 9.52 Å². The van der Waals surface area contributed by atoms with E-state index in [0.717, 1.165) is 23.2 Å². The zero-order valence-corrected chi connectivity index (χ0v) is 21.1. The van der Waals surface area contributed by atoms with E-state index in [1.54, 1.807) is 24.3 Å². The Balaban J connectivity index is 1.45. The molecule has 196 valence electrons. The van der Waals surface area contributed by atoms with Crippen molar-refractivity contribution >= 4 is 17.6 Å². The largest absolute Gasteiger partial charge is 0.481 e. The van der Waals surface area contributed by atoms with Crippen LogP contribution in [0.3, 0.4) is 0 Å². The minimum absolute atomic E-state index is 0.00320. The molecule has 0 saturated carbocycles. The van der Waals surface area contributed by atoms with Gasteiger partial charge in [-0.1, -0.05) is 32.4 Å². The normalized spacial score (nSPS) is 12.5. The molecule has 2 atom stereocenters. The molecule has 4 rings (SSSR count). The summed E-state index contributed by atoms with van der Waals surface area (Å²) in [4.78, 5) is 22.9. The summed E-state index contributed by atoms with van der Waals surface area (Å²) in [5.41, 5.74) is 3.82. The third-order valence-corrected chi connectivity index (χ3v) is 6.34. The number of amides is 1. The molecule has 0 saturated heterocycles. The maximum absolute atomic E-state index is 13.2. The van der Waals surface area contributed by atoms with Gasteiger partial charge in [0.15, 0.2) is 0 Å². The lowest BCUT2D eigenvalue weighted by molar-refractivity contribution is -0.136. The second-order valence-electron chi connectivity index (χ2n) is 9.03. The summed E-state index contributed by atoms with van der Waals surface area (Å²) in [5, 5.41) is 23.1. The molecule has 1 aromatic heterocycles. The summed E-state index contributed by atoms with van der Waals surface area (Å²) in [7, 11) is 0. The number of nitrogens with zero attached hydrogens (tertiary/aromatic N) is 2. The summed E-state index contributed by atoms with van der Waals surface area (Å²) in [5.74, 6) is -0.599. The quantitative estimate of drug-likeness (QED) is 0.226. The predicted octanol–water partition coefficient (Wildman–Crippen LogP) is 5.95. The zero-order valence-electron chi connectivity index (χ0n) is 21.1. The molecule has 3 aromatic carbocycles. The molecule has 0 spiro atoms. The van der Waals surface area contributed by atoms with Crippen molar-refractivity contribution in [1.29, 1.82) is 0 Å². The van der Waals surface area contributed by atoms with Crippen molar-refractivity contribution in [3.63, 3.8) is 0 Å². The monoisotopic (exact) mass is 516 g/mol. The highest BCUT2D eigenvalue weighted by atomic mass is 19.1. The Kier molecular flexibility index (Phi) is 8.47. The standard InChI is InChI=1S/C29H29FN4O4/c1-3-18(2)26(19-4-6-20(7-5-19)27(37)31-17-16-25(35)36)32-24-14-10-22(11-15-24)29-34-33-28(38-29)21-8-12-23(30)13-9-21/h4-15,18,26,32H,3,16-17H2,1-2H3,(H,31,37)(H,35,36). The number of carboxylic acid groups (broad SMARTS) is 1. The summed E-state index contributed by atoms with van der Waals surface area (Å²) in [6, 6.07) is 20.9. The van der Waals surface area contributed by atoms with Crippen LogP contribution < -0.4 is 10.6 Å². The summed E-state index contributed by atoms with van der Waals surface area (Å²) >= 11 is 0. The molecular weight excluding hydrogens is 487 g/mol. The van der Waals surface area contributed by atoms with Crippen LogP contribution >= 0.6 is 0 Å². The molecule has 9 heteroatoms. The first kappa shape index (κ1) is 26.5. The van der Waals surface area contributed by atoms with Gasteiger partial charge in [-0.25, -0.2) is 4.39 Å². The van der Waals surface area contributed by atoms with Crippen molar-refractivity contribution in [2.75, 3.05) is 11.9 Å². The van der Waals surface area contributed by atoms with E-state index < -0.39 is 5.97 Å². The second-order valence-corrected chi connectivity index (χ2v) is 9.03. The third kappa shape index (κ3) is 6.61. The number of carboxylic acids is 1.